The molecule has 2 aromatic carbocycles. The number of aromatic carboxylic acids is 2. The van der Waals surface area contributed by atoms with Crippen molar-refractivity contribution in [2.75, 3.05) is 68.7 Å². The van der Waals surface area contributed by atoms with Crippen LogP contribution in [0.15, 0.2) is 46.2 Å². The first-order valence-corrected chi connectivity index (χ1v) is 21.7. The molecule has 0 spiro atoms. The zero-order chi connectivity index (χ0) is 42.1. The van der Waals surface area contributed by atoms with E-state index in [9.17, 15) is 34.2 Å². The number of hydrogen-bond acceptors (Lipinski definition) is 8. The van der Waals surface area contributed by atoms with Crippen LogP contribution in [0.1, 0.15) is 116 Å². The number of hydrogen-bond donors (Lipinski definition) is 2. The van der Waals surface area contributed by atoms with Crippen LogP contribution >= 0.6 is 0 Å². The van der Waals surface area contributed by atoms with Gasteiger partial charge in [0.15, 0.2) is 0 Å². The maximum absolute atomic E-state index is 15.4. The lowest BCUT2D eigenvalue weighted by Gasteiger charge is -2.36. The maximum atomic E-state index is 15.4. The fraction of sp³-hybridized carbons (Fsp3) is 0.533. The summed E-state index contributed by atoms with van der Waals surface area (Å²) < 4.78 is 34.4. The molecule has 4 heterocycles. The molecule has 4 aromatic rings. The van der Waals surface area contributed by atoms with Crippen molar-refractivity contribution >= 4 is 51.0 Å². The molecule has 4 fully saturated rings. The number of carboxylic acid groups (broad SMARTS) is 2. The van der Waals surface area contributed by atoms with Crippen LogP contribution in [0.4, 0.5) is 20.2 Å². The first kappa shape index (κ1) is 41.4. The number of anilines is 2. The fourth-order valence-electron chi connectivity index (χ4n) is 9.06. The lowest BCUT2D eigenvalue weighted by atomic mass is 10.1. The summed E-state index contributed by atoms with van der Waals surface area (Å²) in [5, 5.41) is 19.2. The highest BCUT2D eigenvalue weighted by atomic mass is 19.1. The monoisotopic (exact) mass is 828 g/mol. The Kier molecular flexibility index (Phi) is 12.2. The van der Waals surface area contributed by atoms with Crippen LogP contribution in [0.5, 0.6) is 0 Å². The first-order valence-electron chi connectivity index (χ1n) is 21.7. The van der Waals surface area contributed by atoms with Gasteiger partial charge in [-0.15, -0.1) is 0 Å². The first-order chi connectivity index (χ1) is 29.0. The van der Waals surface area contributed by atoms with Crippen molar-refractivity contribution in [1.82, 2.24) is 18.9 Å². The van der Waals surface area contributed by atoms with Gasteiger partial charge in [-0.2, -0.15) is 0 Å². The summed E-state index contributed by atoms with van der Waals surface area (Å²) in [5.74, 6) is -3.56. The number of unbranched alkanes of at least 4 members (excludes halogenated alkanes) is 7. The van der Waals surface area contributed by atoms with Crippen molar-refractivity contribution in [3.8, 4) is 0 Å². The molecule has 13 nitrogen and oxygen atoms in total. The minimum absolute atomic E-state index is 0.0738. The Bertz CT molecular complexity index is 2410. The van der Waals surface area contributed by atoms with Gasteiger partial charge >= 0.3 is 11.9 Å². The number of carboxylic acids is 2. The third-order valence-corrected chi connectivity index (χ3v) is 12.8. The molecule has 1 amide bonds. The highest BCUT2D eigenvalue weighted by Gasteiger charge is 2.31. The Labute approximate surface area is 346 Å². The molecule has 8 rings (SSSR count). The van der Waals surface area contributed by atoms with Gasteiger partial charge in [0, 0.05) is 94.0 Å². The number of aromatic nitrogens is 2. The van der Waals surface area contributed by atoms with E-state index >= 15 is 8.78 Å². The summed E-state index contributed by atoms with van der Waals surface area (Å²) >= 11 is 0. The van der Waals surface area contributed by atoms with Gasteiger partial charge in [-0.05, 0) is 69.3 Å². The molecular formula is C45H54F2N6O7. The minimum Gasteiger partial charge on any atom is -0.477 e. The number of piperazine rings is 2. The van der Waals surface area contributed by atoms with Crippen molar-refractivity contribution in [2.45, 2.75) is 95.6 Å². The van der Waals surface area contributed by atoms with Gasteiger partial charge in [0.1, 0.15) is 22.8 Å². The number of halogens is 2. The van der Waals surface area contributed by atoms with E-state index in [-0.39, 0.29) is 39.9 Å². The van der Waals surface area contributed by atoms with E-state index < -0.39 is 34.4 Å². The van der Waals surface area contributed by atoms with Crippen molar-refractivity contribution in [1.29, 1.82) is 0 Å². The zero-order valence-corrected chi connectivity index (χ0v) is 34.1. The van der Waals surface area contributed by atoms with Crippen molar-refractivity contribution in [2.24, 2.45) is 0 Å². The predicted octanol–water partition coefficient (Wildman–Crippen LogP) is 6.64. The van der Waals surface area contributed by atoms with Crippen LogP contribution in [0.2, 0.25) is 0 Å². The molecule has 2 N–H and O–H groups in total. The van der Waals surface area contributed by atoms with Crippen molar-refractivity contribution in [3.05, 3.63) is 79.9 Å². The second kappa shape index (κ2) is 17.7. The van der Waals surface area contributed by atoms with Crippen LogP contribution in [0, 0.1) is 11.6 Å². The average Bonchev–Trinajstić information content (AvgIpc) is 4.18. The Morgan fingerprint density at radius 2 is 0.983 bits per heavy atom. The van der Waals surface area contributed by atoms with E-state index in [1.54, 1.807) is 16.7 Å². The third kappa shape index (κ3) is 8.91. The summed E-state index contributed by atoms with van der Waals surface area (Å²) in [5.41, 5.74) is -0.0432. The number of nitrogens with zero attached hydrogens (tertiary/aromatic N) is 6. The summed E-state index contributed by atoms with van der Waals surface area (Å²) in [4.78, 5) is 70.2. The topological polar surface area (TPSA) is 149 Å². The van der Waals surface area contributed by atoms with Gasteiger partial charge < -0.3 is 34.0 Å². The molecule has 15 heteroatoms. The van der Waals surface area contributed by atoms with E-state index in [0.29, 0.717) is 68.1 Å². The lowest BCUT2D eigenvalue weighted by Crippen LogP contribution is -2.49. The van der Waals surface area contributed by atoms with Crippen LogP contribution in [-0.4, -0.2) is 106 Å². The number of rotatable bonds is 17. The Morgan fingerprint density at radius 3 is 1.42 bits per heavy atom. The lowest BCUT2D eigenvalue weighted by molar-refractivity contribution is -0.131. The number of fused-ring (bicyclic) bond motifs is 2. The second-order valence-corrected chi connectivity index (χ2v) is 17.0. The molecule has 2 aliphatic carbocycles. The van der Waals surface area contributed by atoms with Crippen molar-refractivity contribution < 1.29 is 33.4 Å². The zero-order valence-electron chi connectivity index (χ0n) is 34.1. The molecule has 4 aliphatic rings. The van der Waals surface area contributed by atoms with E-state index in [1.165, 1.54) is 18.5 Å². The maximum Gasteiger partial charge on any atom is 0.341 e. The Hall–Kier alpha value is -5.31. The molecule has 0 bridgehead atoms. The minimum atomic E-state index is -1.32. The number of amides is 1. The largest absolute Gasteiger partial charge is 0.477 e. The quantitative estimate of drug-likeness (QED) is 0.111. The highest BCUT2D eigenvalue weighted by molar-refractivity contribution is 5.94. The third-order valence-electron chi connectivity index (χ3n) is 12.8. The Morgan fingerprint density at radius 1 is 0.567 bits per heavy atom. The van der Waals surface area contributed by atoms with Crippen molar-refractivity contribution in [3.63, 3.8) is 0 Å². The van der Waals surface area contributed by atoms with E-state index in [4.69, 9.17) is 0 Å². The molecule has 2 saturated carbocycles. The number of carbonyl (C=O) groups is 3. The number of benzene rings is 2. The molecule has 2 saturated heterocycles. The molecule has 60 heavy (non-hydrogen) atoms. The predicted molar refractivity (Wildman–Crippen MR) is 226 cm³/mol. The molecular weight excluding hydrogens is 775 g/mol. The molecule has 2 aromatic heterocycles. The summed E-state index contributed by atoms with van der Waals surface area (Å²) in [6.07, 6.45) is 15.5. The van der Waals surface area contributed by atoms with Crippen LogP contribution < -0.4 is 20.7 Å². The molecule has 2 aliphatic heterocycles. The molecule has 320 valence electrons. The van der Waals surface area contributed by atoms with Crippen LogP contribution in [0.25, 0.3) is 21.8 Å². The van der Waals surface area contributed by atoms with Gasteiger partial charge in [-0.3, -0.25) is 19.3 Å². The van der Waals surface area contributed by atoms with E-state index in [2.05, 4.69) is 4.90 Å². The number of carbonyl (C=O) groups excluding carboxylic acids is 1. The van der Waals surface area contributed by atoms with Crippen LogP contribution in [-0.2, 0) is 4.79 Å². The summed E-state index contributed by atoms with van der Waals surface area (Å²) in [7, 11) is 0. The average molecular weight is 829 g/mol. The van der Waals surface area contributed by atoms with Gasteiger partial charge in [0.05, 0.1) is 22.4 Å². The highest BCUT2D eigenvalue weighted by Crippen LogP contribution is 2.39. The Balaban J connectivity index is 0.701. The number of pyridine rings is 2. The van der Waals surface area contributed by atoms with Gasteiger partial charge in [0.25, 0.3) is 0 Å². The molecule has 0 unspecified atom stereocenters. The van der Waals surface area contributed by atoms with Gasteiger partial charge in [-0.1, -0.05) is 38.5 Å². The standard InChI is InChI=1S/C45H54F2N6O7/c46-35-23-31-37(52(29-10-11-29)27-33(42(31)55)44(57)58)25-39(35)49-17-15-48(16-18-49)14-8-6-4-2-1-3-5-7-9-41(54)51-21-19-50(20-22-51)40-26-38-32(24-36(40)47)43(56)34(45(59)60)28-53(38)30-12-13-30/h23-30H,1-22H2,(H,57,58)(H,59,60). The normalized spacial score (nSPS) is 17.5. The van der Waals surface area contributed by atoms with Gasteiger partial charge in [-0.25, -0.2) is 18.4 Å². The SMILES string of the molecule is O=C(O)c1cn(C2CC2)c2cc(N3CCN(CCCCCCCCCCC(=O)N4CCN(c5cc6c(cc5F)c(=O)c(C(=O)O)cn6C5CC5)CC4)CC3)c(F)cc2c1=O. The second-order valence-electron chi connectivity index (χ2n) is 17.0. The van der Waals surface area contributed by atoms with Gasteiger partial charge in [0.2, 0.25) is 16.8 Å². The fourth-order valence-corrected chi connectivity index (χ4v) is 9.06. The van der Waals surface area contributed by atoms with Crippen LogP contribution in [0.3, 0.4) is 0 Å². The summed E-state index contributed by atoms with van der Waals surface area (Å²) in [6, 6.07) is 6.00. The van der Waals surface area contributed by atoms with E-state index in [0.717, 1.165) is 103 Å². The summed E-state index contributed by atoms with van der Waals surface area (Å²) in [6.45, 7) is 5.93. The van der Waals surface area contributed by atoms with E-state index in [1.807, 2.05) is 19.3 Å². The smallest absolute Gasteiger partial charge is 0.341 e. The molecule has 0 atom stereocenters. The molecule has 0 radical (unpaired) electrons.